The van der Waals surface area contributed by atoms with Crippen molar-refractivity contribution in [2.75, 3.05) is 20.8 Å². The molecule has 1 saturated heterocycles. The van der Waals surface area contributed by atoms with Crippen LogP contribution in [0.4, 0.5) is 0 Å². The number of hydrogen-bond acceptors (Lipinski definition) is 5. The summed E-state index contributed by atoms with van der Waals surface area (Å²) in [5, 5.41) is 8.47. The third-order valence-electron chi connectivity index (χ3n) is 5.63. The van der Waals surface area contributed by atoms with Crippen molar-refractivity contribution >= 4 is 16.9 Å². The van der Waals surface area contributed by atoms with E-state index in [0.717, 1.165) is 47.5 Å². The maximum atomic E-state index is 13.2. The number of para-hydroxylation sites is 1. The molecule has 7 heteroatoms. The second-order valence-corrected chi connectivity index (χ2v) is 7.43. The zero-order valence-electron chi connectivity index (χ0n) is 17.0. The highest BCUT2D eigenvalue weighted by atomic mass is 16.5. The Hall–Kier alpha value is -3.09. The lowest BCUT2D eigenvalue weighted by molar-refractivity contribution is -0.132. The van der Waals surface area contributed by atoms with E-state index in [4.69, 9.17) is 9.47 Å². The minimum Gasteiger partial charge on any atom is -0.497 e. The van der Waals surface area contributed by atoms with Crippen molar-refractivity contribution in [3.05, 3.63) is 48.0 Å². The topological polar surface area (TPSA) is 69.5 Å². The lowest BCUT2D eigenvalue weighted by Gasteiger charge is -2.28. The fourth-order valence-electron chi connectivity index (χ4n) is 4.16. The molecule has 0 spiro atoms. The smallest absolute Gasteiger partial charge is 0.225 e. The average Bonchev–Trinajstić information content (AvgIpc) is 3.40. The summed E-state index contributed by atoms with van der Waals surface area (Å²) in [5.41, 5.74) is 2.78. The van der Waals surface area contributed by atoms with Crippen LogP contribution in [-0.4, -0.2) is 46.6 Å². The molecule has 1 aliphatic rings. The summed E-state index contributed by atoms with van der Waals surface area (Å²) in [4.78, 5) is 15.2. The first kappa shape index (κ1) is 19.2. The predicted molar refractivity (Wildman–Crippen MR) is 110 cm³/mol. The number of amides is 1. The van der Waals surface area contributed by atoms with Gasteiger partial charge in [0.25, 0.3) is 0 Å². The van der Waals surface area contributed by atoms with Crippen LogP contribution in [0.1, 0.15) is 43.8 Å². The lowest BCUT2D eigenvalue weighted by Crippen LogP contribution is -2.32. The molecule has 3 aromatic rings. The van der Waals surface area contributed by atoms with Crippen molar-refractivity contribution < 1.29 is 14.3 Å². The molecule has 4 rings (SSSR count). The van der Waals surface area contributed by atoms with Gasteiger partial charge in [0.05, 0.1) is 31.8 Å². The van der Waals surface area contributed by atoms with E-state index in [0.29, 0.717) is 6.42 Å². The van der Waals surface area contributed by atoms with E-state index in [2.05, 4.69) is 10.3 Å². The van der Waals surface area contributed by atoms with Crippen LogP contribution in [0.5, 0.6) is 11.5 Å². The standard InChI is InChI=1S/C22H26N4O3/c1-15(26-20-8-5-4-7-18(20)23-24-26)13-22(27)25-12-6-9-19(25)17-14-16(28-2)10-11-21(17)29-3/h4-5,7-8,10-11,14-15,19H,6,9,12-13H2,1-3H3/t15-,19+/m0/s1. The normalized spacial score (nSPS) is 17.5. The minimum absolute atomic E-state index is 0.00718. The summed E-state index contributed by atoms with van der Waals surface area (Å²) in [6.45, 7) is 2.75. The Balaban J connectivity index is 1.55. The number of likely N-dealkylation sites (tertiary alicyclic amines) is 1. The molecule has 1 aromatic heterocycles. The maximum Gasteiger partial charge on any atom is 0.225 e. The number of aromatic nitrogens is 3. The van der Waals surface area contributed by atoms with E-state index in [1.54, 1.807) is 14.2 Å². The second kappa shape index (κ2) is 8.11. The number of fused-ring (bicyclic) bond motifs is 1. The van der Waals surface area contributed by atoms with E-state index in [-0.39, 0.29) is 18.0 Å². The van der Waals surface area contributed by atoms with Gasteiger partial charge in [-0.25, -0.2) is 4.68 Å². The van der Waals surface area contributed by atoms with Crippen molar-refractivity contribution in [2.24, 2.45) is 0 Å². The van der Waals surface area contributed by atoms with Crippen molar-refractivity contribution in [1.29, 1.82) is 0 Å². The molecule has 0 radical (unpaired) electrons. The van der Waals surface area contributed by atoms with E-state index in [9.17, 15) is 4.79 Å². The van der Waals surface area contributed by atoms with Gasteiger partial charge in [-0.05, 0) is 50.1 Å². The van der Waals surface area contributed by atoms with Gasteiger partial charge in [0.1, 0.15) is 17.0 Å². The van der Waals surface area contributed by atoms with Crippen LogP contribution in [0.3, 0.4) is 0 Å². The highest BCUT2D eigenvalue weighted by Crippen LogP contribution is 2.39. The second-order valence-electron chi connectivity index (χ2n) is 7.43. The number of nitrogens with zero attached hydrogens (tertiary/aromatic N) is 4. The quantitative estimate of drug-likeness (QED) is 0.637. The molecule has 1 fully saturated rings. The van der Waals surface area contributed by atoms with Gasteiger partial charge in [-0.2, -0.15) is 0 Å². The molecule has 2 heterocycles. The Morgan fingerprint density at radius 2 is 2.03 bits per heavy atom. The average molecular weight is 394 g/mol. The summed E-state index contributed by atoms with van der Waals surface area (Å²) >= 11 is 0. The van der Waals surface area contributed by atoms with Crippen molar-refractivity contribution in [1.82, 2.24) is 19.9 Å². The fraction of sp³-hybridized carbons (Fsp3) is 0.409. The number of ether oxygens (including phenoxy) is 2. The molecule has 2 atom stereocenters. The van der Waals surface area contributed by atoms with E-state index < -0.39 is 0 Å². The SMILES string of the molecule is COc1ccc(OC)c([C@H]2CCCN2C(=O)C[C@H](C)n2nnc3ccccc32)c1. The number of rotatable bonds is 6. The van der Waals surface area contributed by atoms with Gasteiger partial charge in [-0.1, -0.05) is 17.3 Å². The number of hydrogen-bond donors (Lipinski definition) is 0. The van der Waals surface area contributed by atoms with Crippen LogP contribution < -0.4 is 9.47 Å². The van der Waals surface area contributed by atoms with Crippen LogP contribution in [0.15, 0.2) is 42.5 Å². The number of methoxy groups -OCH3 is 2. The van der Waals surface area contributed by atoms with Gasteiger partial charge >= 0.3 is 0 Å². The third kappa shape index (κ3) is 3.64. The highest BCUT2D eigenvalue weighted by Gasteiger charge is 2.33. The molecule has 1 aliphatic heterocycles. The number of benzene rings is 2. The van der Waals surface area contributed by atoms with Crippen LogP contribution in [0, 0.1) is 0 Å². The molecular weight excluding hydrogens is 368 g/mol. The fourth-order valence-corrected chi connectivity index (χ4v) is 4.16. The zero-order valence-corrected chi connectivity index (χ0v) is 17.0. The van der Waals surface area contributed by atoms with Crippen molar-refractivity contribution in [3.63, 3.8) is 0 Å². The highest BCUT2D eigenvalue weighted by molar-refractivity contribution is 5.78. The first-order valence-corrected chi connectivity index (χ1v) is 9.93. The molecule has 0 unspecified atom stereocenters. The minimum atomic E-state index is -0.0802. The first-order valence-electron chi connectivity index (χ1n) is 9.93. The molecule has 29 heavy (non-hydrogen) atoms. The summed E-state index contributed by atoms with van der Waals surface area (Å²) in [6, 6.07) is 13.5. The monoisotopic (exact) mass is 394 g/mol. The Labute approximate surface area is 170 Å². The lowest BCUT2D eigenvalue weighted by atomic mass is 10.0. The van der Waals surface area contributed by atoms with Crippen molar-refractivity contribution in [3.8, 4) is 11.5 Å². The molecule has 0 saturated carbocycles. The van der Waals surface area contributed by atoms with Gasteiger partial charge in [0, 0.05) is 18.5 Å². The summed E-state index contributed by atoms with van der Waals surface area (Å²) < 4.78 is 12.8. The molecule has 0 bridgehead atoms. The van der Waals surface area contributed by atoms with Crippen LogP contribution >= 0.6 is 0 Å². The van der Waals surface area contributed by atoms with Crippen molar-refractivity contribution in [2.45, 2.75) is 38.3 Å². The zero-order chi connectivity index (χ0) is 20.4. The van der Waals surface area contributed by atoms with E-state index >= 15 is 0 Å². The van der Waals surface area contributed by atoms with Gasteiger partial charge < -0.3 is 14.4 Å². The molecule has 152 valence electrons. The molecule has 0 aliphatic carbocycles. The number of carbonyl (C=O) groups excluding carboxylic acids is 1. The third-order valence-corrected chi connectivity index (χ3v) is 5.63. The van der Waals surface area contributed by atoms with Gasteiger partial charge in [0.2, 0.25) is 5.91 Å². The summed E-state index contributed by atoms with van der Waals surface area (Å²) in [7, 11) is 3.30. The largest absolute Gasteiger partial charge is 0.497 e. The van der Waals surface area contributed by atoms with E-state index in [1.165, 1.54) is 0 Å². The predicted octanol–water partition coefficient (Wildman–Crippen LogP) is 3.76. The molecule has 2 aromatic carbocycles. The van der Waals surface area contributed by atoms with Gasteiger partial charge in [0.15, 0.2) is 0 Å². The summed E-state index contributed by atoms with van der Waals surface area (Å²) in [5.74, 6) is 1.66. The Morgan fingerprint density at radius 1 is 1.21 bits per heavy atom. The Bertz CT molecular complexity index is 1020. The molecule has 1 amide bonds. The van der Waals surface area contributed by atoms with Gasteiger partial charge in [-0.3, -0.25) is 4.79 Å². The molecule has 7 nitrogen and oxygen atoms in total. The number of carbonyl (C=O) groups is 1. The first-order chi connectivity index (χ1) is 14.1. The van der Waals surface area contributed by atoms with Crippen LogP contribution in [0.25, 0.3) is 11.0 Å². The maximum absolute atomic E-state index is 13.2. The molecule has 0 N–H and O–H groups in total. The Kier molecular flexibility index (Phi) is 5.38. The molecular formula is C22H26N4O3. The van der Waals surface area contributed by atoms with E-state index in [1.807, 2.05) is 59.0 Å². The van der Waals surface area contributed by atoms with Gasteiger partial charge in [-0.15, -0.1) is 5.10 Å². The van der Waals surface area contributed by atoms with Crippen LogP contribution in [-0.2, 0) is 4.79 Å². The summed E-state index contributed by atoms with van der Waals surface area (Å²) in [6.07, 6.45) is 2.25. The Morgan fingerprint density at radius 3 is 2.83 bits per heavy atom. The van der Waals surface area contributed by atoms with Crippen LogP contribution in [0.2, 0.25) is 0 Å².